The van der Waals surface area contributed by atoms with Crippen molar-refractivity contribution in [2.45, 2.75) is 26.8 Å². The number of ether oxygens (including phenoxy) is 1. The monoisotopic (exact) mass is 400 g/mol. The number of thiocarbonyl (C=S) groups is 1. The molecule has 0 radical (unpaired) electrons. The molecule has 1 aromatic carbocycles. The molecule has 0 aliphatic heterocycles. The van der Waals surface area contributed by atoms with E-state index in [1.165, 1.54) is 0 Å². The van der Waals surface area contributed by atoms with E-state index in [4.69, 9.17) is 40.2 Å². The summed E-state index contributed by atoms with van der Waals surface area (Å²) in [5.41, 5.74) is 3.58. The predicted molar refractivity (Wildman–Crippen MR) is 108 cm³/mol. The Labute approximate surface area is 163 Å². The minimum absolute atomic E-state index is 0.501. The van der Waals surface area contributed by atoms with Crippen LogP contribution in [0.3, 0.4) is 0 Å². The van der Waals surface area contributed by atoms with Crippen LogP contribution in [0.5, 0.6) is 0 Å². The van der Waals surface area contributed by atoms with Gasteiger partial charge in [-0.3, -0.25) is 4.68 Å². The number of hydrogen-bond acceptors (Lipinski definition) is 3. The first kappa shape index (κ1) is 20.0. The number of benzene rings is 1. The Bertz CT molecular complexity index is 728. The summed E-state index contributed by atoms with van der Waals surface area (Å²) in [6, 6.07) is 5.48. The van der Waals surface area contributed by atoms with Crippen LogP contribution in [0.25, 0.3) is 0 Å². The van der Waals surface area contributed by atoms with E-state index >= 15 is 0 Å². The summed E-state index contributed by atoms with van der Waals surface area (Å²) in [5, 5.41) is 12.8. The highest BCUT2D eigenvalue weighted by molar-refractivity contribution is 7.80. The molecule has 1 heterocycles. The molecule has 0 spiro atoms. The number of methoxy groups -OCH3 is 1. The highest BCUT2D eigenvalue weighted by Crippen LogP contribution is 2.27. The molecule has 8 heteroatoms. The van der Waals surface area contributed by atoms with E-state index in [-0.39, 0.29) is 0 Å². The summed E-state index contributed by atoms with van der Waals surface area (Å²) >= 11 is 17.9. The van der Waals surface area contributed by atoms with Gasteiger partial charge in [-0.15, -0.1) is 0 Å². The Morgan fingerprint density at radius 3 is 2.60 bits per heavy atom. The van der Waals surface area contributed by atoms with Crippen molar-refractivity contribution in [3.63, 3.8) is 0 Å². The Balaban J connectivity index is 2.09. The number of anilines is 1. The molecule has 0 saturated carbocycles. The van der Waals surface area contributed by atoms with E-state index in [0.717, 1.165) is 35.6 Å². The second-order valence-electron chi connectivity index (χ2n) is 5.63. The van der Waals surface area contributed by atoms with Gasteiger partial charge in [0.1, 0.15) is 0 Å². The van der Waals surface area contributed by atoms with E-state index in [2.05, 4.69) is 15.7 Å². The van der Waals surface area contributed by atoms with Crippen LogP contribution in [0.15, 0.2) is 18.2 Å². The molecule has 1 aromatic heterocycles. The molecule has 5 nitrogen and oxygen atoms in total. The highest BCUT2D eigenvalue weighted by Gasteiger charge is 2.15. The summed E-state index contributed by atoms with van der Waals surface area (Å²) in [6.07, 6.45) is 0.889. The van der Waals surface area contributed by atoms with Crippen molar-refractivity contribution in [1.29, 1.82) is 0 Å². The van der Waals surface area contributed by atoms with Crippen molar-refractivity contribution >= 4 is 46.2 Å². The van der Waals surface area contributed by atoms with Gasteiger partial charge in [-0.1, -0.05) is 29.3 Å². The molecule has 2 aromatic rings. The summed E-state index contributed by atoms with van der Waals surface area (Å²) in [7, 11) is 1.68. The molecule has 136 valence electrons. The molecule has 25 heavy (non-hydrogen) atoms. The Morgan fingerprint density at radius 1 is 1.28 bits per heavy atom. The van der Waals surface area contributed by atoms with E-state index in [1.807, 2.05) is 36.7 Å². The molecule has 0 saturated heterocycles. The van der Waals surface area contributed by atoms with Gasteiger partial charge in [0, 0.05) is 35.9 Å². The zero-order chi connectivity index (χ0) is 18.4. The van der Waals surface area contributed by atoms with Gasteiger partial charge in [-0.25, -0.2) is 0 Å². The molecule has 0 bridgehead atoms. The number of rotatable bonds is 7. The van der Waals surface area contributed by atoms with Crippen LogP contribution in [0.2, 0.25) is 10.0 Å². The third-order valence-corrected chi connectivity index (χ3v) is 4.76. The number of nitrogens with one attached hydrogen (secondary N) is 2. The molecule has 0 unspecified atom stereocenters. The molecular formula is C17H22Cl2N4OS. The van der Waals surface area contributed by atoms with Crippen LogP contribution in [0.4, 0.5) is 5.69 Å². The molecular weight excluding hydrogens is 379 g/mol. The molecule has 2 N–H and O–H groups in total. The molecule has 0 atom stereocenters. The number of aryl methyl sites for hydroxylation is 1. The van der Waals surface area contributed by atoms with Gasteiger partial charge < -0.3 is 15.4 Å². The normalized spacial score (nSPS) is 10.8. The lowest BCUT2D eigenvalue weighted by Crippen LogP contribution is -2.30. The van der Waals surface area contributed by atoms with Gasteiger partial charge in [0.25, 0.3) is 0 Å². The number of aromatic nitrogens is 2. The lowest BCUT2D eigenvalue weighted by atomic mass is 10.2. The Morgan fingerprint density at radius 2 is 1.96 bits per heavy atom. The van der Waals surface area contributed by atoms with Crippen LogP contribution in [0.1, 0.15) is 23.4 Å². The largest absolute Gasteiger partial charge is 0.385 e. The van der Waals surface area contributed by atoms with E-state index in [9.17, 15) is 0 Å². The molecule has 0 aliphatic rings. The average molecular weight is 401 g/mol. The van der Waals surface area contributed by atoms with Crippen molar-refractivity contribution in [2.24, 2.45) is 0 Å². The standard InChI is InChI=1S/C17H22Cl2N4OS/c1-11-16(21-17(25)20-8-5-9-24-3)12(2)23(22-11)10-13-14(18)6-4-7-15(13)19/h4,6-7H,5,8-10H2,1-3H3,(H2,20,21,25). The summed E-state index contributed by atoms with van der Waals surface area (Å²) in [6.45, 7) is 5.88. The van der Waals surface area contributed by atoms with Crippen molar-refractivity contribution in [2.75, 3.05) is 25.6 Å². The van der Waals surface area contributed by atoms with E-state index in [0.29, 0.717) is 28.3 Å². The number of halogens is 2. The fourth-order valence-corrected chi connectivity index (χ4v) is 3.16. The topological polar surface area (TPSA) is 51.1 Å². The fourth-order valence-electron chi connectivity index (χ4n) is 2.44. The van der Waals surface area contributed by atoms with Gasteiger partial charge in [0.05, 0.1) is 23.6 Å². The van der Waals surface area contributed by atoms with Gasteiger partial charge in [-0.05, 0) is 44.6 Å². The third-order valence-electron chi connectivity index (χ3n) is 3.80. The lowest BCUT2D eigenvalue weighted by Gasteiger charge is -2.12. The average Bonchev–Trinajstić information content (AvgIpc) is 2.83. The zero-order valence-electron chi connectivity index (χ0n) is 14.5. The van der Waals surface area contributed by atoms with Crippen LogP contribution >= 0.6 is 35.4 Å². The van der Waals surface area contributed by atoms with E-state index < -0.39 is 0 Å². The van der Waals surface area contributed by atoms with Crippen molar-refractivity contribution in [3.05, 3.63) is 45.2 Å². The predicted octanol–water partition coefficient (Wildman–Crippen LogP) is 4.18. The van der Waals surface area contributed by atoms with Crippen molar-refractivity contribution in [1.82, 2.24) is 15.1 Å². The van der Waals surface area contributed by atoms with E-state index in [1.54, 1.807) is 7.11 Å². The second-order valence-corrected chi connectivity index (χ2v) is 6.85. The second kappa shape index (κ2) is 9.38. The number of nitrogens with zero attached hydrogens (tertiary/aromatic N) is 2. The quantitative estimate of drug-likeness (QED) is 0.539. The fraction of sp³-hybridized carbons (Fsp3) is 0.412. The smallest absolute Gasteiger partial charge is 0.170 e. The maximum absolute atomic E-state index is 6.26. The zero-order valence-corrected chi connectivity index (χ0v) is 16.9. The Hall–Kier alpha value is -1.34. The van der Waals surface area contributed by atoms with Crippen molar-refractivity contribution < 1.29 is 4.74 Å². The number of hydrogen-bond donors (Lipinski definition) is 2. The third kappa shape index (κ3) is 5.31. The first-order valence-corrected chi connectivity index (χ1v) is 9.11. The maximum Gasteiger partial charge on any atom is 0.170 e. The minimum Gasteiger partial charge on any atom is -0.385 e. The minimum atomic E-state index is 0.501. The Kier molecular flexibility index (Phi) is 7.50. The van der Waals surface area contributed by atoms with Gasteiger partial charge in [0.2, 0.25) is 0 Å². The van der Waals surface area contributed by atoms with Crippen molar-refractivity contribution in [3.8, 4) is 0 Å². The summed E-state index contributed by atoms with van der Waals surface area (Å²) in [4.78, 5) is 0. The summed E-state index contributed by atoms with van der Waals surface area (Å²) < 4.78 is 6.89. The van der Waals surface area contributed by atoms with Gasteiger partial charge in [-0.2, -0.15) is 5.10 Å². The first-order chi connectivity index (χ1) is 11.9. The maximum atomic E-state index is 6.26. The van der Waals surface area contributed by atoms with Gasteiger partial charge in [0.15, 0.2) is 5.11 Å². The SMILES string of the molecule is COCCCNC(=S)Nc1c(C)nn(Cc2c(Cl)cccc2Cl)c1C. The van der Waals surface area contributed by atoms with Crippen LogP contribution in [0, 0.1) is 13.8 Å². The molecule has 2 rings (SSSR count). The van der Waals surface area contributed by atoms with Crippen LogP contribution in [-0.2, 0) is 11.3 Å². The van der Waals surface area contributed by atoms with Gasteiger partial charge >= 0.3 is 0 Å². The highest BCUT2D eigenvalue weighted by atomic mass is 35.5. The molecule has 0 amide bonds. The molecule has 0 fully saturated rings. The molecule has 0 aliphatic carbocycles. The summed E-state index contributed by atoms with van der Waals surface area (Å²) in [5.74, 6) is 0. The van der Waals surface area contributed by atoms with Crippen LogP contribution in [-0.4, -0.2) is 35.2 Å². The van der Waals surface area contributed by atoms with Crippen LogP contribution < -0.4 is 10.6 Å². The lowest BCUT2D eigenvalue weighted by molar-refractivity contribution is 0.196. The first-order valence-electron chi connectivity index (χ1n) is 7.94.